The van der Waals surface area contributed by atoms with Crippen molar-refractivity contribution in [3.63, 3.8) is 0 Å². The summed E-state index contributed by atoms with van der Waals surface area (Å²) in [6.45, 7) is 2.39. The van der Waals surface area contributed by atoms with Gasteiger partial charge in [-0.3, -0.25) is 0 Å². The highest BCUT2D eigenvalue weighted by molar-refractivity contribution is 9.10. The van der Waals surface area contributed by atoms with Crippen LogP contribution in [0.25, 0.3) is 0 Å². The Labute approximate surface area is 140 Å². The average Bonchev–Trinajstić information content (AvgIpc) is 2.46. The van der Waals surface area contributed by atoms with Gasteiger partial charge in [0.15, 0.2) is 0 Å². The first-order chi connectivity index (χ1) is 9.95. The number of halogens is 5. The Balaban J connectivity index is 2.59. The van der Waals surface area contributed by atoms with Gasteiger partial charge in [0.05, 0.1) is 11.1 Å². The van der Waals surface area contributed by atoms with Gasteiger partial charge in [0.1, 0.15) is 11.6 Å². The van der Waals surface area contributed by atoms with Crippen LogP contribution in [0.4, 0.5) is 8.78 Å². The summed E-state index contributed by atoms with van der Waals surface area (Å²) in [7, 11) is 0. The van der Waals surface area contributed by atoms with Crippen molar-refractivity contribution in [2.45, 2.75) is 13.0 Å². The van der Waals surface area contributed by atoms with Gasteiger partial charge in [0.2, 0.25) is 0 Å². The first-order valence-electron chi connectivity index (χ1n) is 6.27. The molecule has 0 aliphatic rings. The standard InChI is InChI=1S/C15H12BrCl2F2N/c1-2-21-15(10-7-8(17)3-6-12(10)19)9-4-5-11(16)13(18)14(9)20/h3-7,15,21H,2H2,1H3. The molecular weight excluding hydrogens is 383 g/mol. The number of benzene rings is 2. The lowest BCUT2D eigenvalue weighted by atomic mass is 9.97. The van der Waals surface area contributed by atoms with E-state index in [1.54, 1.807) is 12.1 Å². The summed E-state index contributed by atoms with van der Waals surface area (Å²) in [5, 5.41) is 3.42. The molecule has 0 saturated heterocycles. The van der Waals surface area contributed by atoms with Gasteiger partial charge >= 0.3 is 0 Å². The summed E-state index contributed by atoms with van der Waals surface area (Å²) >= 11 is 15.0. The third-order valence-corrected chi connectivity index (χ3v) is 4.55. The fourth-order valence-corrected chi connectivity index (χ4v) is 2.75. The number of rotatable bonds is 4. The molecule has 112 valence electrons. The lowest BCUT2D eigenvalue weighted by molar-refractivity contribution is 0.530. The van der Waals surface area contributed by atoms with Crippen LogP contribution < -0.4 is 5.32 Å². The normalized spacial score (nSPS) is 12.5. The molecule has 2 aromatic carbocycles. The summed E-state index contributed by atoms with van der Waals surface area (Å²) in [6, 6.07) is 6.74. The highest BCUT2D eigenvalue weighted by Crippen LogP contribution is 2.34. The molecule has 21 heavy (non-hydrogen) atoms. The molecule has 2 aromatic rings. The van der Waals surface area contributed by atoms with Crippen molar-refractivity contribution in [1.82, 2.24) is 5.32 Å². The van der Waals surface area contributed by atoms with E-state index in [2.05, 4.69) is 21.2 Å². The van der Waals surface area contributed by atoms with Crippen LogP contribution in [0.2, 0.25) is 10.0 Å². The summed E-state index contributed by atoms with van der Waals surface area (Å²) in [4.78, 5) is 0. The Morgan fingerprint density at radius 2 is 1.86 bits per heavy atom. The Kier molecular flexibility index (Phi) is 5.60. The molecule has 1 unspecified atom stereocenters. The predicted octanol–water partition coefficient (Wildman–Crippen LogP) is 5.73. The van der Waals surface area contributed by atoms with Crippen molar-refractivity contribution in [2.75, 3.05) is 6.54 Å². The fraction of sp³-hybridized carbons (Fsp3) is 0.200. The summed E-state index contributed by atoms with van der Waals surface area (Å²) < 4.78 is 28.9. The Hall–Kier alpha value is -0.680. The molecule has 0 amide bonds. The third-order valence-electron chi connectivity index (χ3n) is 3.05. The Morgan fingerprint density at radius 3 is 2.52 bits per heavy atom. The molecule has 0 spiro atoms. The third kappa shape index (κ3) is 3.57. The van der Waals surface area contributed by atoms with Crippen LogP contribution in [0, 0.1) is 11.6 Å². The van der Waals surface area contributed by atoms with E-state index in [0.717, 1.165) is 0 Å². The maximum atomic E-state index is 14.4. The van der Waals surface area contributed by atoms with Crippen LogP contribution in [-0.2, 0) is 0 Å². The van der Waals surface area contributed by atoms with Crippen LogP contribution in [-0.4, -0.2) is 6.54 Å². The second-order valence-electron chi connectivity index (χ2n) is 4.42. The molecule has 1 nitrogen and oxygen atoms in total. The van der Waals surface area contributed by atoms with Crippen molar-refractivity contribution in [3.05, 3.63) is 67.6 Å². The minimum atomic E-state index is -0.667. The number of hydrogen-bond acceptors (Lipinski definition) is 1. The second-order valence-corrected chi connectivity index (χ2v) is 6.09. The van der Waals surface area contributed by atoms with E-state index >= 15 is 0 Å². The SMILES string of the molecule is CCNC(c1cc(Cl)ccc1F)c1ccc(Br)c(Cl)c1F. The van der Waals surface area contributed by atoms with Gasteiger partial charge in [0, 0.05) is 20.6 Å². The van der Waals surface area contributed by atoms with Gasteiger partial charge in [-0.15, -0.1) is 0 Å². The molecule has 0 fully saturated rings. The van der Waals surface area contributed by atoms with Crippen LogP contribution in [0.3, 0.4) is 0 Å². The van der Waals surface area contributed by atoms with Crippen LogP contribution in [0.15, 0.2) is 34.8 Å². The van der Waals surface area contributed by atoms with Crippen molar-refractivity contribution in [1.29, 1.82) is 0 Å². The Morgan fingerprint density at radius 1 is 1.14 bits per heavy atom. The summed E-state index contributed by atoms with van der Waals surface area (Å²) in [5.41, 5.74) is 0.549. The minimum Gasteiger partial charge on any atom is -0.306 e. The highest BCUT2D eigenvalue weighted by Gasteiger charge is 2.23. The van der Waals surface area contributed by atoms with E-state index < -0.39 is 17.7 Å². The molecule has 6 heteroatoms. The maximum Gasteiger partial charge on any atom is 0.148 e. The van der Waals surface area contributed by atoms with Gasteiger partial charge in [-0.2, -0.15) is 0 Å². The van der Waals surface area contributed by atoms with Gasteiger partial charge in [-0.25, -0.2) is 8.78 Å². The monoisotopic (exact) mass is 393 g/mol. The molecule has 1 N–H and O–H groups in total. The molecular formula is C15H12BrCl2F2N. The topological polar surface area (TPSA) is 12.0 Å². The van der Waals surface area contributed by atoms with E-state index in [0.29, 0.717) is 16.0 Å². The molecule has 1 atom stereocenters. The van der Waals surface area contributed by atoms with E-state index in [9.17, 15) is 8.78 Å². The van der Waals surface area contributed by atoms with Crippen molar-refractivity contribution in [2.24, 2.45) is 0 Å². The molecule has 0 aliphatic heterocycles. The number of hydrogen-bond donors (Lipinski definition) is 1. The molecule has 0 aliphatic carbocycles. The zero-order chi connectivity index (χ0) is 15.6. The van der Waals surface area contributed by atoms with Crippen LogP contribution >= 0.6 is 39.1 Å². The highest BCUT2D eigenvalue weighted by atomic mass is 79.9. The van der Waals surface area contributed by atoms with Crippen LogP contribution in [0.5, 0.6) is 0 Å². The van der Waals surface area contributed by atoms with Crippen molar-refractivity contribution >= 4 is 39.1 Å². The largest absolute Gasteiger partial charge is 0.306 e. The van der Waals surface area contributed by atoms with E-state index in [-0.39, 0.29) is 16.1 Å². The minimum absolute atomic E-state index is 0.0298. The molecule has 0 saturated carbocycles. The van der Waals surface area contributed by atoms with Crippen LogP contribution in [0.1, 0.15) is 24.1 Å². The fourth-order valence-electron chi connectivity index (χ4n) is 2.09. The summed E-state index contributed by atoms with van der Waals surface area (Å²) in [6.07, 6.45) is 0. The summed E-state index contributed by atoms with van der Waals surface area (Å²) in [5.74, 6) is -1.04. The lowest BCUT2D eigenvalue weighted by Gasteiger charge is -2.21. The second kappa shape index (κ2) is 7.05. The Bertz CT molecular complexity index is 664. The predicted molar refractivity (Wildman–Crippen MR) is 86.0 cm³/mol. The van der Waals surface area contributed by atoms with E-state index in [1.165, 1.54) is 18.2 Å². The van der Waals surface area contributed by atoms with E-state index in [4.69, 9.17) is 23.2 Å². The molecule has 0 radical (unpaired) electrons. The molecule has 0 bridgehead atoms. The van der Waals surface area contributed by atoms with Crippen molar-refractivity contribution < 1.29 is 8.78 Å². The van der Waals surface area contributed by atoms with Gasteiger partial charge in [0.25, 0.3) is 0 Å². The maximum absolute atomic E-state index is 14.4. The molecule has 0 heterocycles. The zero-order valence-corrected chi connectivity index (χ0v) is 14.2. The van der Waals surface area contributed by atoms with E-state index in [1.807, 2.05) is 6.92 Å². The molecule has 2 rings (SSSR count). The van der Waals surface area contributed by atoms with Crippen molar-refractivity contribution in [3.8, 4) is 0 Å². The number of nitrogens with one attached hydrogen (secondary N) is 1. The first-order valence-corrected chi connectivity index (χ1v) is 7.82. The average molecular weight is 395 g/mol. The quantitative estimate of drug-likeness (QED) is 0.652. The lowest BCUT2D eigenvalue weighted by Crippen LogP contribution is -2.24. The molecule has 0 aromatic heterocycles. The van der Waals surface area contributed by atoms with Gasteiger partial charge < -0.3 is 5.32 Å². The van der Waals surface area contributed by atoms with Gasteiger partial charge in [-0.1, -0.05) is 36.2 Å². The smallest absolute Gasteiger partial charge is 0.148 e. The van der Waals surface area contributed by atoms with Gasteiger partial charge in [-0.05, 0) is 46.7 Å². The zero-order valence-electron chi connectivity index (χ0n) is 11.1. The first kappa shape index (κ1) is 16.7.